The van der Waals surface area contributed by atoms with Crippen LogP contribution in [0.2, 0.25) is 0 Å². The first kappa shape index (κ1) is 12.6. The van der Waals surface area contributed by atoms with E-state index in [-0.39, 0.29) is 0 Å². The highest BCUT2D eigenvalue weighted by molar-refractivity contribution is 7.10. The van der Waals surface area contributed by atoms with E-state index in [2.05, 4.69) is 5.32 Å². The highest BCUT2D eigenvalue weighted by Crippen LogP contribution is 2.20. The quantitative estimate of drug-likeness (QED) is 0.845. The molecule has 2 N–H and O–H groups in total. The fourth-order valence-electron chi connectivity index (χ4n) is 1.14. The van der Waals surface area contributed by atoms with Gasteiger partial charge in [0.25, 0.3) is 5.91 Å². The van der Waals surface area contributed by atoms with Gasteiger partial charge in [-0.3, -0.25) is 4.79 Å². The van der Waals surface area contributed by atoms with E-state index >= 15 is 0 Å². The van der Waals surface area contributed by atoms with Crippen LogP contribution in [0.3, 0.4) is 0 Å². The van der Waals surface area contributed by atoms with Gasteiger partial charge in [0.2, 0.25) is 0 Å². The number of rotatable bonds is 4. The first-order valence-corrected chi connectivity index (χ1v) is 5.49. The van der Waals surface area contributed by atoms with Gasteiger partial charge in [0.05, 0.1) is 5.56 Å². The lowest BCUT2D eigenvalue weighted by atomic mass is 10.1. The van der Waals surface area contributed by atoms with Crippen molar-refractivity contribution in [2.45, 2.75) is 19.9 Å². The smallest absolute Gasteiger partial charge is 0.328 e. The summed E-state index contributed by atoms with van der Waals surface area (Å²) < 4.78 is 12.3. The van der Waals surface area contributed by atoms with Gasteiger partial charge in [-0.15, -0.1) is 11.3 Å². The van der Waals surface area contributed by atoms with Crippen LogP contribution in [0.1, 0.15) is 20.8 Å². The van der Waals surface area contributed by atoms with Crippen LogP contribution >= 0.6 is 11.3 Å². The molecule has 0 fully saturated rings. The Hall–Kier alpha value is -1.43. The summed E-state index contributed by atoms with van der Waals surface area (Å²) in [5, 5.41) is 12.4. The van der Waals surface area contributed by atoms with Crippen molar-refractivity contribution in [3.05, 3.63) is 21.4 Å². The van der Waals surface area contributed by atoms with E-state index in [1.807, 2.05) is 6.92 Å². The van der Waals surface area contributed by atoms with Gasteiger partial charge in [-0.2, -0.15) is 0 Å². The van der Waals surface area contributed by atoms with E-state index in [4.69, 9.17) is 5.11 Å². The zero-order valence-corrected chi connectivity index (χ0v) is 9.73. The molecular weight excluding hydrogens is 233 g/mol. The molecule has 6 heteroatoms. The van der Waals surface area contributed by atoms with Crippen LogP contribution in [-0.4, -0.2) is 29.7 Å². The number of thiophene rings is 1. The van der Waals surface area contributed by atoms with Crippen molar-refractivity contribution in [3.63, 3.8) is 0 Å². The lowest BCUT2D eigenvalue weighted by molar-refractivity contribution is -0.139. The molecule has 1 amide bonds. The summed E-state index contributed by atoms with van der Waals surface area (Å²) in [6.45, 7) is 2.51. The van der Waals surface area contributed by atoms with E-state index in [1.165, 1.54) is 11.3 Å². The molecule has 1 aromatic rings. The number of aryl methyl sites for hydroxylation is 1. The minimum Gasteiger partial charge on any atom is -0.480 e. The Kier molecular flexibility index (Phi) is 4.00. The zero-order chi connectivity index (χ0) is 12.3. The maximum atomic E-state index is 12.3. The number of hydrogen-bond donors (Lipinski definition) is 2. The number of halogens is 1. The van der Waals surface area contributed by atoms with Gasteiger partial charge in [-0.1, -0.05) is 0 Å². The third-order valence-corrected chi connectivity index (χ3v) is 3.30. The Morgan fingerprint density at radius 1 is 1.56 bits per heavy atom. The summed E-state index contributed by atoms with van der Waals surface area (Å²) in [6, 6.07) is -1.48. The van der Waals surface area contributed by atoms with E-state index < -0.39 is 24.6 Å². The largest absolute Gasteiger partial charge is 0.480 e. The molecule has 1 aromatic heterocycles. The molecule has 0 radical (unpaired) electrons. The molecular formula is C10H12FNO3S. The molecule has 0 aliphatic carbocycles. The highest BCUT2D eigenvalue weighted by Gasteiger charge is 2.22. The van der Waals surface area contributed by atoms with Gasteiger partial charge in [-0.05, 0) is 19.4 Å². The summed E-state index contributed by atoms with van der Waals surface area (Å²) in [4.78, 5) is 23.1. The summed E-state index contributed by atoms with van der Waals surface area (Å²) >= 11 is 1.40. The number of amides is 1. The van der Waals surface area contributed by atoms with Crippen molar-refractivity contribution in [2.75, 3.05) is 6.67 Å². The van der Waals surface area contributed by atoms with Gasteiger partial charge < -0.3 is 10.4 Å². The van der Waals surface area contributed by atoms with Gasteiger partial charge >= 0.3 is 5.97 Å². The van der Waals surface area contributed by atoms with Crippen LogP contribution in [0.4, 0.5) is 4.39 Å². The first-order valence-electron chi connectivity index (χ1n) is 4.61. The minimum absolute atomic E-state index is 0.405. The number of carbonyl (C=O) groups excluding carboxylic acids is 1. The molecule has 0 aliphatic rings. The third-order valence-electron chi connectivity index (χ3n) is 2.29. The van der Waals surface area contributed by atoms with E-state index in [9.17, 15) is 14.0 Å². The molecule has 1 atom stereocenters. The second-order valence-electron chi connectivity index (χ2n) is 3.35. The van der Waals surface area contributed by atoms with Crippen molar-refractivity contribution < 1.29 is 19.1 Å². The van der Waals surface area contributed by atoms with Gasteiger partial charge in [0.1, 0.15) is 6.67 Å². The fourth-order valence-corrected chi connectivity index (χ4v) is 2.01. The molecule has 0 spiro atoms. The summed E-state index contributed by atoms with van der Waals surface area (Å²) in [5.41, 5.74) is 1.20. The summed E-state index contributed by atoms with van der Waals surface area (Å²) in [5.74, 6) is -1.92. The van der Waals surface area contributed by atoms with Gasteiger partial charge in [0, 0.05) is 10.3 Å². The molecule has 0 saturated carbocycles. The predicted molar refractivity (Wildman–Crippen MR) is 58.7 cm³/mol. The second kappa shape index (κ2) is 5.07. The van der Waals surface area contributed by atoms with Crippen LogP contribution in [-0.2, 0) is 4.79 Å². The Balaban J connectivity index is 2.80. The third kappa shape index (κ3) is 2.57. The zero-order valence-electron chi connectivity index (χ0n) is 8.91. The monoisotopic (exact) mass is 245 g/mol. The maximum Gasteiger partial charge on any atom is 0.328 e. The van der Waals surface area contributed by atoms with Crippen molar-refractivity contribution in [1.82, 2.24) is 5.32 Å². The average molecular weight is 245 g/mol. The number of carboxylic acid groups (broad SMARTS) is 1. The van der Waals surface area contributed by atoms with Crippen LogP contribution in [0.5, 0.6) is 0 Å². The Labute approximate surface area is 96.1 Å². The molecule has 0 bridgehead atoms. The summed E-state index contributed by atoms with van der Waals surface area (Å²) in [6.07, 6.45) is 0. The van der Waals surface area contributed by atoms with Crippen LogP contribution in [0.15, 0.2) is 5.38 Å². The van der Waals surface area contributed by atoms with E-state index in [0.29, 0.717) is 5.56 Å². The van der Waals surface area contributed by atoms with Gasteiger partial charge in [0.15, 0.2) is 6.04 Å². The lowest BCUT2D eigenvalue weighted by Gasteiger charge is -2.10. The normalized spacial score (nSPS) is 12.2. The predicted octanol–water partition coefficient (Wildman–Crippen LogP) is 1.52. The first-order chi connectivity index (χ1) is 7.47. The number of alkyl halides is 1. The fraction of sp³-hybridized carbons (Fsp3) is 0.400. The molecule has 4 nitrogen and oxygen atoms in total. The molecule has 0 saturated heterocycles. The Morgan fingerprint density at radius 3 is 2.56 bits per heavy atom. The minimum atomic E-state index is -1.48. The molecule has 1 rings (SSSR count). The second-order valence-corrected chi connectivity index (χ2v) is 4.43. The molecule has 0 aromatic carbocycles. The van der Waals surface area contributed by atoms with Crippen molar-refractivity contribution in [3.8, 4) is 0 Å². The van der Waals surface area contributed by atoms with E-state index in [1.54, 1.807) is 12.3 Å². The number of carbonyl (C=O) groups is 2. The van der Waals surface area contributed by atoms with Crippen LogP contribution < -0.4 is 5.32 Å². The van der Waals surface area contributed by atoms with Gasteiger partial charge in [-0.25, -0.2) is 9.18 Å². The summed E-state index contributed by atoms with van der Waals surface area (Å²) in [7, 11) is 0. The van der Waals surface area contributed by atoms with Crippen molar-refractivity contribution in [2.24, 2.45) is 0 Å². The molecule has 0 aliphatic heterocycles. The van der Waals surface area contributed by atoms with Crippen molar-refractivity contribution in [1.29, 1.82) is 0 Å². The topological polar surface area (TPSA) is 66.4 Å². The van der Waals surface area contributed by atoms with Crippen molar-refractivity contribution >= 4 is 23.2 Å². The van der Waals surface area contributed by atoms with E-state index in [0.717, 1.165) is 10.4 Å². The highest BCUT2D eigenvalue weighted by atomic mass is 32.1. The molecule has 88 valence electrons. The Morgan fingerprint density at radius 2 is 2.19 bits per heavy atom. The molecule has 1 heterocycles. The number of aliphatic carboxylic acids is 1. The number of carboxylic acids is 1. The number of hydrogen-bond acceptors (Lipinski definition) is 3. The lowest BCUT2D eigenvalue weighted by Crippen LogP contribution is -2.42. The Bertz CT molecular complexity index is 416. The molecule has 1 unspecified atom stereocenters. The molecule has 16 heavy (non-hydrogen) atoms. The SMILES string of the molecule is Cc1scc(C(=O)NC(CF)C(=O)O)c1C. The van der Waals surface area contributed by atoms with Crippen LogP contribution in [0.25, 0.3) is 0 Å². The standard InChI is InChI=1S/C10H12FNO3S/c1-5-6(2)16-4-7(5)9(13)12-8(3-11)10(14)15/h4,8H,3H2,1-2H3,(H,12,13)(H,14,15). The maximum absolute atomic E-state index is 12.3. The van der Waals surface area contributed by atoms with Crippen LogP contribution in [0, 0.1) is 13.8 Å². The average Bonchev–Trinajstić information content (AvgIpc) is 2.55. The number of nitrogens with one attached hydrogen (secondary N) is 1.